The molecule has 92 valence electrons. The van der Waals surface area contributed by atoms with Crippen LogP contribution < -0.4 is 4.74 Å². The number of ketones is 1. The molecule has 0 N–H and O–H groups in total. The van der Waals surface area contributed by atoms with Gasteiger partial charge in [0, 0.05) is 31.4 Å². The lowest BCUT2D eigenvalue weighted by molar-refractivity contribution is -0.127. The molecule has 0 spiro atoms. The molecule has 1 saturated heterocycles. The van der Waals surface area contributed by atoms with Gasteiger partial charge in [-0.05, 0) is 34.8 Å². The molecule has 0 aliphatic carbocycles. The summed E-state index contributed by atoms with van der Waals surface area (Å²) in [5, 5.41) is 0. The van der Waals surface area contributed by atoms with Gasteiger partial charge in [0.2, 0.25) is 0 Å². The van der Waals surface area contributed by atoms with Crippen LogP contribution in [0.4, 0.5) is 0 Å². The van der Waals surface area contributed by atoms with E-state index in [9.17, 15) is 4.79 Å². The molecule has 5 heteroatoms. The maximum absolute atomic E-state index is 11.8. The van der Waals surface area contributed by atoms with Crippen LogP contribution in [0.1, 0.15) is 12.8 Å². The monoisotopic (exact) mass is 299 g/mol. The Morgan fingerprint density at radius 2 is 2.29 bits per heavy atom. The minimum atomic E-state index is 0.0917. The number of carbonyl (C=O) groups is 1. The molecule has 0 aromatic carbocycles. The van der Waals surface area contributed by atoms with Crippen molar-refractivity contribution in [1.82, 2.24) is 4.98 Å². The fraction of sp³-hybridized carbons (Fsp3) is 0.500. The quantitative estimate of drug-likeness (QED) is 0.800. The van der Waals surface area contributed by atoms with E-state index in [1.165, 1.54) is 0 Å². The Balaban J connectivity index is 1.83. The summed E-state index contributed by atoms with van der Waals surface area (Å²) in [7, 11) is 0. The summed E-state index contributed by atoms with van der Waals surface area (Å²) in [4.78, 5) is 15.8. The van der Waals surface area contributed by atoms with E-state index < -0.39 is 0 Å². The number of nitrogens with zero attached hydrogens (tertiary/aromatic N) is 1. The second kappa shape index (κ2) is 6.12. The lowest BCUT2D eigenvalue weighted by Crippen LogP contribution is -2.27. The zero-order valence-corrected chi connectivity index (χ0v) is 11.0. The van der Waals surface area contributed by atoms with E-state index in [1.807, 2.05) is 0 Å². The maximum Gasteiger partial charge on any atom is 0.173 e. The van der Waals surface area contributed by atoms with Crippen LogP contribution in [0.25, 0.3) is 0 Å². The first-order valence-corrected chi connectivity index (χ1v) is 6.40. The number of hydrogen-bond donors (Lipinski definition) is 0. The first-order chi connectivity index (χ1) is 8.25. The summed E-state index contributed by atoms with van der Waals surface area (Å²) in [6.07, 6.45) is 3.25. The van der Waals surface area contributed by atoms with Crippen molar-refractivity contribution < 1.29 is 14.3 Å². The van der Waals surface area contributed by atoms with Gasteiger partial charge in [-0.15, -0.1) is 0 Å². The molecular formula is C12H14BrNO3. The van der Waals surface area contributed by atoms with Crippen LogP contribution in [-0.4, -0.2) is 30.6 Å². The van der Waals surface area contributed by atoms with Crippen LogP contribution in [0.15, 0.2) is 22.9 Å². The van der Waals surface area contributed by atoms with Crippen molar-refractivity contribution in [3.63, 3.8) is 0 Å². The molecule has 1 aliphatic heterocycles. The van der Waals surface area contributed by atoms with Gasteiger partial charge in [-0.2, -0.15) is 0 Å². The second-order valence-electron chi connectivity index (χ2n) is 3.96. The fourth-order valence-electron chi connectivity index (χ4n) is 1.77. The molecule has 0 saturated carbocycles. The Kier molecular flexibility index (Phi) is 4.50. The second-order valence-corrected chi connectivity index (χ2v) is 4.77. The number of hydrogen-bond acceptors (Lipinski definition) is 4. The highest BCUT2D eigenvalue weighted by molar-refractivity contribution is 9.10. The normalized spacial score (nSPS) is 16.8. The number of halogens is 1. The first-order valence-electron chi connectivity index (χ1n) is 5.60. The van der Waals surface area contributed by atoms with E-state index in [0.717, 1.165) is 12.8 Å². The van der Waals surface area contributed by atoms with E-state index in [0.29, 0.717) is 23.6 Å². The molecule has 0 radical (unpaired) electrons. The first kappa shape index (κ1) is 12.5. The van der Waals surface area contributed by atoms with Gasteiger partial charge >= 0.3 is 0 Å². The van der Waals surface area contributed by atoms with Crippen LogP contribution in [0, 0.1) is 5.92 Å². The van der Waals surface area contributed by atoms with Gasteiger partial charge in [0.05, 0.1) is 0 Å². The van der Waals surface area contributed by atoms with Gasteiger partial charge in [0.15, 0.2) is 5.78 Å². The molecule has 1 aromatic rings. The van der Waals surface area contributed by atoms with Gasteiger partial charge in [-0.25, -0.2) is 4.98 Å². The highest BCUT2D eigenvalue weighted by Crippen LogP contribution is 2.18. The largest absolute Gasteiger partial charge is 0.486 e. The third kappa shape index (κ3) is 3.78. The number of aromatic nitrogens is 1. The highest BCUT2D eigenvalue weighted by atomic mass is 79.9. The summed E-state index contributed by atoms with van der Waals surface area (Å²) in [6.45, 7) is 1.48. The Morgan fingerprint density at radius 1 is 1.53 bits per heavy atom. The fourth-order valence-corrected chi connectivity index (χ4v) is 2.11. The minimum Gasteiger partial charge on any atom is -0.486 e. The van der Waals surface area contributed by atoms with E-state index in [-0.39, 0.29) is 18.3 Å². The van der Waals surface area contributed by atoms with Crippen LogP contribution in [0.5, 0.6) is 5.75 Å². The average Bonchev–Trinajstić information content (AvgIpc) is 2.37. The van der Waals surface area contributed by atoms with Crippen molar-refractivity contribution in [3.8, 4) is 5.75 Å². The van der Waals surface area contributed by atoms with Crippen LogP contribution in [0.3, 0.4) is 0 Å². The van der Waals surface area contributed by atoms with Crippen LogP contribution in [-0.2, 0) is 9.53 Å². The molecular weight excluding hydrogens is 286 g/mol. The summed E-state index contributed by atoms with van der Waals surface area (Å²) in [5.41, 5.74) is 0. The molecule has 1 fully saturated rings. The maximum atomic E-state index is 11.8. The van der Waals surface area contributed by atoms with Crippen molar-refractivity contribution in [2.45, 2.75) is 12.8 Å². The molecule has 0 amide bonds. The number of Topliss-reactive ketones (excluding diaryl/α,β-unsaturated/α-hetero) is 1. The lowest BCUT2D eigenvalue weighted by Gasteiger charge is -2.20. The van der Waals surface area contributed by atoms with Gasteiger partial charge in [0.25, 0.3) is 0 Å². The van der Waals surface area contributed by atoms with E-state index in [4.69, 9.17) is 9.47 Å². The van der Waals surface area contributed by atoms with E-state index in [1.54, 1.807) is 18.3 Å². The van der Waals surface area contributed by atoms with Gasteiger partial charge in [-0.1, -0.05) is 0 Å². The smallest absolute Gasteiger partial charge is 0.173 e. The number of carbonyl (C=O) groups excluding carboxylic acids is 1. The van der Waals surface area contributed by atoms with Crippen molar-refractivity contribution in [1.29, 1.82) is 0 Å². The standard InChI is InChI=1S/C12H14BrNO3/c13-12-7-10(1-4-14-12)17-8-11(15)9-2-5-16-6-3-9/h1,4,7,9H,2-3,5-6,8H2. The van der Waals surface area contributed by atoms with Crippen molar-refractivity contribution in [2.24, 2.45) is 5.92 Å². The third-order valence-corrected chi connectivity index (χ3v) is 3.19. The Hall–Kier alpha value is -0.940. The lowest BCUT2D eigenvalue weighted by atomic mass is 9.96. The highest BCUT2D eigenvalue weighted by Gasteiger charge is 2.21. The summed E-state index contributed by atoms with van der Waals surface area (Å²) >= 11 is 3.25. The molecule has 2 heterocycles. The van der Waals surface area contributed by atoms with Gasteiger partial charge in [-0.3, -0.25) is 4.79 Å². The molecule has 1 aromatic heterocycles. The third-order valence-electron chi connectivity index (χ3n) is 2.76. The molecule has 17 heavy (non-hydrogen) atoms. The molecule has 0 atom stereocenters. The van der Waals surface area contributed by atoms with Crippen molar-refractivity contribution in [2.75, 3.05) is 19.8 Å². The Bertz CT molecular complexity index is 391. The zero-order chi connectivity index (χ0) is 12.1. The molecule has 0 bridgehead atoms. The van der Waals surface area contributed by atoms with Crippen molar-refractivity contribution in [3.05, 3.63) is 22.9 Å². The zero-order valence-electron chi connectivity index (χ0n) is 9.39. The summed E-state index contributed by atoms with van der Waals surface area (Å²) in [5.74, 6) is 0.905. The number of pyridine rings is 1. The topological polar surface area (TPSA) is 48.4 Å². The van der Waals surface area contributed by atoms with Crippen LogP contribution >= 0.6 is 15.9 Å². The Morgan fingerprint density at radius 3 is 3.00 bits per heavy atom. The van der Waals surface area contributed by atoms with Gasteiger partial charge in [0.1, 0.15) is 17.0 Å². The SMILES string of the molecule is O=C(COc1ccnc(Br)c1)C1CCOCC1. The number of ether oxygens (including phenoxy) is 2. The summed E-state index contributed by atoms with van der Waals surface area (Å²) < 4.78 is 11.4. The molecule has 1 aliphatic rings. The molecule has 2 rings (SSSR count). The molecule has 4 nitrogen and oxygen atoms in total. The van der Waals surface area contributed by atoms with E-state index >= 15 is 0 Å². The van der Waals surface area contributed by atoms with Crippen LogP contribution in [0.2, 0.25) is 0 Å². The predicted molar refractivity (Wildman–Crippen MR) is 66.0 cm³/mol. The van der Waals surface area contributed by atoms with E-state index in [2.05, 4.69) is 20.9 Å². The average molecular weight is 300 g/mol. The number of rotatable bonds is 4. The Labute approximate surface area is 108 Å². The summed E-state index contributed by atoms with van der Waals surface area (Å²) in [6, 6.07) is 3.49. The predicted octanol–water partition coefficient (Wildman–Crippen LogP) is 2.22. The molecule has 0 unspecified atom stereocenters. The minimum absolute atomic E-state index is 0.0917. The van der Waals surface area contributed by atoms with Gasteiger partial charge < -0.3 is 9.47 Å². The van der Waals surface area contributed by atoms with Crippen molar-refractivity contribution >= 4 is 21.7 Å².